The number of rotatable bonds is 4. The Bertz CT molecular complexity index is 833. The third-order valence-electron chi connectivity index (χ3n) is 6.14. The highest BCUT2D eigenvalue weighted by Crippen LogP contribution is 2.32. The Morgan fingerprint density at radius 2 is 2.11 bits per heavy atom. The third kappa shape index (κ3) is 3.76. The normalized spacial score (nSPS) is 23.5. The monoisotopic (exact) mass is 370 g/mol. The van der Waals surface area contributed by atoms with E-state index in [4.69, 9.17) is 0 Å². The maximum Gasteiger partial charge on any atom is 0.223 e. The first-order chi connectivity index (χ1) is 13.0. The Kier molecular flexibility index (Phi) is 5.00. The zero-order chi connectivity index (χ0) is 19.0. The van der Waals surface area contributed by atoms with Crippen LogP contribution >= 0.6 is 0 Å². The molecule has 0 unspecified atom stereocenters. The molecule has 5 nitrogen and oxygen atoms in total. The number of nitrogens with zero attached hydrogens (tertiary/aromatic N) is 4. The minimum atomic E-state index is -0.244. The summed E-state index contributed by atoms with van der Waals surface area (Å²) in [6.07, 6.45) is 4.57. The highest BCUT2D eigenvalue weighted by Gasteiger charge is 2.40. The van der Waals surface area contributed by atoms with Gasteiger partial charge in [0.1, 0.15) is 5.82 Å². The van der Waals surface area contributed by atoms with Gasteiger partial charge < -0.3 is 4.90 Å². The van der Waals surface area contributed by atoms with E-state index in [2.05, 4.69) is 16.9 Å². The number of aryl methyl sites for hydroxylation is 1. The molecular formula is C21H27FN4O. The maximum absolute atomic E-state index is 13.6. The Morgan fingerprint density at radius 3 is 2.85 bits per heavy atom. The van der Waals surface area contributed by atoms with Crippen LogP contribution in [-0.4, -0.2) is 44.6 Å². The molecule has 2 fully saturated rings. The molecule has 4 rings (SSSR count). The first-order valence-corrected chi connectivity index (χ1v) is 9.75. The number of halogens is 1. The molecule has 2 aliphatic rings. The summed E-state index contributed by atoms with van der Waals surface area (Å²) in [7, 11) is 1.96. The summed E-state index contributed by atoms with van der Waals surface area (Å²) in [5, 5.41) is 4.34. The van der Waals surface area contributed by atoms with Gasteiger partial charge in [0.15, 0.2) is 0 Å². The molecule has 1 aromatic carbocycles. The van der Waals surface area contributed by atoms with Gasteiger partial charge in [-0.1, -0.05) is 12.1 Å². The van der Waals surface area contributed by atoms with Gasteiger partial charge in [-0.05, 0) is 43.4 Å². The van der Waals surface area contributed by atoms with Gasteiger partial charge in [0.2, 0.25) is 5.91 Å². The molecule has 2 aliphatic heterocycles. The molecule has 27 heavy (non-hydrogen) atoms. The molecule has 3 heterocycles. The molecule has 2 atom stereocenters. The number of likely N-dealkylation sites (tertiary alicyclic amines) is 2. The maximum atomic E-state index is 13.6. The van der Waals surface area contributed by atoms with Gasteiger partial charge in [0.05, 0.1) is 6.20 Å². The molecule has 0 bridgehead atoms. The fourth-order valence-corrected chi connectivity index (χ4v) is 4.53. The average Bonchev–Trinajstić information content (AvgIpc) is 3.14. The molecule has 0 radical (unpaired) electrons. The van der Waals surface area contributed by atoms with Crippen molar-refractivity contribution in [2.24, 2.45) is 13.0 Å². The van der Waals surface area contributed by atoms with Gasteiger partial charge in [-0.25, -0.2) is 4.39 Å². The number of fused-ring (bicyclic) bond motifs is 1. The lowest BCUT2D eigenvalue weighted by Crippen LogP contribution is -2.42. The van der Waals surface area contributed by atoms with Crippen molar-refractivity contribution in [1.29, 1.82) is 0 Å². The fourth-order valence-electron chi connectivity index (χ4n) is 4.53. The van der Waals surface area contributed by atoms with Crippen molar-refractivity contribution in [2.75, 3.05) is 13.1 Å². The van der Waals surface area contributed by atoms with Gasteiger partial charge in [-0.2, -0.15) is 5.10 Å². The third-order valence-corrected chi connectivity index (χ3v) is 6.14. The van der Waals surface area contributed by atoms with E-state index in [1.165, 1.54) is 17.3 Å². The number of benzene rings is 1. The van der Waals surface area contributed by atoms with E-state index in [9.17, 15) is 9.18 Å². The molecule has 1 amide bonds. The lowest BCUT2D eigenvalue weighted by Gasteiger charge is -2.30. The lowest BCUT2D eigenvalue weighted by molar-refractivity contribution is -0.133. The van der Waals surface area contributed by atoms with Crippen molar-refractivity contribution in [3.05, 3.63) is 53.1 Å². The summed E-state index contributed by atoms with van der Waals surface area (Å²) in [6, 6.07) is 6.82. The Labute approximate surface area is 159 Å². The number of carbonyl (C=O) groups excluding carboxylic acids is 1. The largest absolute Gasteiger partial charge is 0.334 e. The van der Waals surface area contributed by atoms with Crippen molar-refractivity contribution < 1.29 is 9.18 Å². The number of hydrogen-bond acceptors (Lipinski definition) is 3. The van der Waals surface area contributed by atoms with Crippen LogP contribution in [0.5, 0.6) is 0 Å². The predicted molar refractivity (Wildman–Crippen MR) is 101 cm³/mol. The summed E-state index contributed by atoms with van der Waals surface area (Å²) < 4.78 is 15.5. The zero-order valence-corrected chi connectivity index (χ0v) is 16.1. The van der Waals surface area contributed by atoms with Crippen LogP contribution in [0.2, 0.25) is 0 Å². The average molecular weight is 370 g/mol. The quantitative estimate of drug-likeness (QED) is 0.831. The second-order valence-electron chi connectivity index (χ2n) is 7.94. The van der Waals surface area contributed by atoms with Gasteiger partial charge in [-0.3, -0.25) is 14.4 Å². The van der Waals surface area contributed by atoms with Crippen LogP contribution in [-0.2, 0) is 24.9 Å². The van der Waals surface area contributed by atoms with E-state index in [0.29, 0.717) is 18.9 Å². The summed E-state index contributed by atoms with van der Waals surface area (Å²) in [5.74, 6) is 0.444. The smallest absolute Gasteiger partial charge is 0.223 e. The standard InChI is InChI=1S/C21H27FN4O/c1-15-18(10-23-24(15)2)13-25-12-17-6-4-8-21(27)26(20(17)14-25)11-16-5-3-7-19(22)9-16/h3,5,7,9-10,17,20H,4,6,8,11-14H2,1-2H3/t17-,20+/m1/s1. The number of aromatic nitrogens is 2. The second-order valence-corrected chi connectivity index (χ2v) is 7.94. The fraction of sp³-hybridized carbons (Fsp3) is 0.524. The summed E-state index contributed by atoms with van der Waals surface area (Å²) in [6.45, 7) is 5.34. The van der Waals surface area contributed by atoms with Crippen molar-refractivity contribution >= 4 is 5.91 Å². The van der Waals surface area contributed by atoms with Crippen LogP contribution in [0.15, 0.2) is 30.5 Å². The molecule has 0 saturated carbocycles. The van der Waals surface area contributed by atoms with Crippen molar-refractivity contribution in [1.82, 2.24) is 19.6 Å². The van der Waals surface area contributed by atoms with E-state index in [0.717, 1.165) is 38.0 Å². The number of hydrogen-bond donors (Lipinski definition) is 0. The first kappa shape index (κ1) is 18.2. The summed E-state index contributed by atoms with van der Waals surface area (Å²) in [4.78, 5) is 17.2. The van der Waals surface area contributed by atoms with Crippen LogP contribution < -0.4 is 0 Å². The zero-order valence-electron chi connectivity index (χ0n) is 16.1. The van der Waals surface area contributed by atoms with Gasteiger partial charge in [0.25, 0.3) is 0 Å². The first-order valence-electron chi connectivity index (χ1n) is 9.75. The van der Waals surface area contributed by atoms with Crippen molar-refractivity contribution in [3.63, 3.8) is 0 Å². The Morgan fingerprint density at radius 1 is 1.26 bits per heavy atom. The number of carbonyl (C=O) groups is 1. The van der Waals surface area contributed by atoms with Crippen LogP contribution in [0.3, 0.4) is 0 Å². The Balaban J connectivity index is 1.51. The van der Waals surface area contributed by atoms with E-state index >= 15 is 0 Å². The molecule has 0 N–H and O–H groups in total. The van der Waals surface area contributed by atoms with Crippen molar-refractivity contribution in [3.8, 4) is 0 Å². The van der Waals surface area contributed by atoms with Gasteiger partial charge >= 0.3 is 0 Å². The van der Waals surface area contributed by atoms with E-state index in [1.807, 2.05) is 28.9 Å². The van der Waals surface area contributed by atoms with Crippen LogP contribution in [0.1, 0.15) is 36.1 Å². The van der Waals surface area contributed by atoms with Gasteiger partial charge in [-0.15, -0.1) is 0 Å². The second kappa shape index (κ2) is 7.43. The predicted octanol–water partition coefficient (Wildman–Crippen LogP) is 2.88. The molecule has 2 aromatic rings. The molecule has 0 aliphatic carbocycles. The molecule has 1 aromatic heterocycles. The lowest BCUT2D eigenvalue weighted by atomic mass is 9.98. The van der Waals surface area contributed by atoms with Crippen LogP contribution in [0.25, 0.3) is 0 Å². The molecule has 6 heteroatoms. The minimum absolute atomic E-state index is 0.200. The Hall–Kier alpha value is -2.21. The van der Waals surface area contributed by atoms with Crippen LogP contribution in [0.4, 0.5) is 4.39 Å². The van der Waals surface area contributed by atoms with Gasteiger partial charge in [0, 0.05) is 56.9 Å². The molecule has 0 spiro atoms. The van der Waals surface area contributed by atoms with Crippen LogP contribution in [0, 0.1) is 18.7 Å². The molecular weight excluding hydrogens is 343 g/mol. The van der Waals surface area contributed by atoms with Crippen molar-refractivity contribution in [2.45, 2.75) is 45.3 Å². The summed E-state index contributed by atoms with van der Waals surface area (Å²) >= 11 is 0. The van der Waals surface area contributed by atoms with E-state index in [1.54, 1.807) is 12.1 Å². The number of amides is 1. The molecule has 2 saturated heterocycles. The highest BCUT2D eigenvalue weighted by atomic mass is 19.1. The molecule has 144 valence electrons. The highest BCUT2D eigenvalue weighted by molar-refractivity contribution is 5.77. The summed E-state index contributed by atoms with van der Waals surface area (Å²) in [5.41, 5.74) is 3.30. The minimum Gasteiger partial charge on any atom is -0.334 e. The van der Waals surface area contributed by atoms with E-state index < -0.39 is 0 Å². The topological polar surface area (TPSA) is 41.4 Å². The van der Waals surface area contributed by atoms with E-state index in [-0.39, 0.29) is 17.8 Å². The SMILES string of the molecule is Cc1c(CN2C[C@H]3CCCC(=O)N(Cc4cccc(F)c4)[C@H]3C2)cnn1C.